The second-order valence-electron chi connectivity index (χ2n) is 5.17. The Morgan fingerprint density at radius 2 is 1.59 bits per heavy atom. The SMILES string of the molecule is Cc1ccc(C(C)NC(=O)C(C)C(C)C)cc1. The van der Waals surface area contributed by atoms with Gasteiger partial charge in [-0.2, -0.15) is 0 Å². The fourth-order valence-corrected chi connectivity index (χ4v) is 1.59. The molecular weight excluding hydrogens is 210 g/mol. The highest BCUT2D eigenvalue weighted by Crippen LogP contribution is 2.16. The Morgan fingerprint density at radius 3 is 2.06 bits per heavy atom. The normalized spacial score (nSPS) is 14.5. The van der Waals surface area contributed by atoms with E-state index in [1.807, 2.05) is 13.8 Å². The van der Waals surface area contributed by atoms with Crippen LogP contribution < -0.4 is 5.32 Å². The predicted molar refractivity (Wildman–Crippen MR) is 71.7 cm³/mol. The molecule has 0 radical (unpaired) electrons. The highest BCUT2D eigenvalue weighted by Gasteiger charge is 2.18. The highest BCUT2D eigenvalue weighted by molar-refractivity contribution is 5.78. The van der Waals surface area contributed by atoms with Gasteiger partial charge in [-0.05, 0) is 25.3 Å². The summed E-state index contributed by atoms with van der Waals surface area (Å²) in [7, 11) is 0. The van der Waals surface area contributed by atoms with E-state index in [0.29, 0.717) is 5.92 Å². The summed E-state index contributed by atoms with van der Waals surface area (Å²) in [6.45, 7) is 10.2. The topological polar surface area (TPSA) is 29.1 Å². The Labute approximate surface area is 104 Å². The summed E-state index contributed by atoms with van der Waals surface area (Å²) in [4.78, 5) is 11.9. The van der Waals surface area contributed by atoms with Gasteiger partial charge in [0.1, 0.15) is 0 Å². The largest absolute Gasteiger partial charge is 0.349 e. The molecule has 2 unspecified atom stereocenters. The number of hydrogen-bond donors (Lipinski definition) is 1. The fraction of sp³-hybridized carbons (Fsp3) is 0.533. The van der Waals surface area contributed by atoms with E-state index in [2.05, 4.69) is 50.4 Å². The summed E-state index contributed by atoms with van der Waals surface area (Å²) < 4.78 is 0. The van der Waals surface area contributed by atoms with Gasteiger partial charge >= 0.3 is 0 Å². The van der Waals surface area contributed by atoms with E-state index in [0.717, 1.165) is 5.56 Å². The van der Waals surface area contributed by atoms with Crippen LogP contribution in [0.15, 0.2) is 24.3 Å². The van der Waals surface area contributed by atoms with Crippen molar-refractivity contribution in [2.45, 2.75) is 40.7 Å². The smallest absolute Gasteiger partial charge is 0.223 e. The molecular formula is C15H23NO. The van der Waals surface area contributed by atoms with Crippen molar-refractivity contribution >= 4 is 5.91 Å². The summed E-state index contributed by atoms with van der Waals surface area (Å²) in [6.07, 6.45) is 0. The molecule has 0 aliphatic carbocycles. The van der Waals surface area contributed by atoms with Crippen molar-refractivity contribution in [1.29, 1.82) is 0 Å². The lowest BCUT2D eigenvalue weighted by Gasteiger charge is -2.20. The number of carbonyl (C=O) groups excluding carboxylic acids is 1. The van der Waals surface area contributed by atoms with Gasteiger partial charge in [-0.15, -0.1) is 0 Å². The van der Waals surface area contributed by atoms with Crippen LogP contribution in [0.25, 0.3) is 0 Å². The standard InChI is InChI=1S/C15H23NO/c1-10(2)12(4)15(17)16-13(5)14-8-6-11(3)7-9-14/h6-10,12-13H,1-5H3,(H,16,17). The number of rotatable bonds is 4. The van der Waals surface area contributed by atoms with E-state index in [9.17, 15) is 4.79 Å². The van der Waals surface area contributed by atoms with E-state index in [1.54, 1.807) is 0 Å². The third-order valence-corrected chi connectivity index (χ3v) is 3.35. The van der Waals surface area contributed by atoms with Crippen LogP contribution in [0.1, 0.15) is 44.9 Å². The quantitative estimate of drug-likeness (QED) is 0.847. The van der Waals surface area contributed by atoms with Gasteiger partial charge in [-0.1, -0.05) is 50.6 Å². The molecule has 0 aliphatic rings. The molecule has 17 heavy (non-hydrogen) atoms. The zero-order valence-corrected chi connectivity index (χ0v) is 11.4. The number of hydrogen-bond acceptors (Lipinski definition) is 1. The van der Waals surface area contributed by atoms with Gasteiger partial charge in [-0.3, -0.25) is 4.79 Å². The molecule has 0 saturated carbocycles. The van der Waals surface area contributed by atoms with Crippen LogP contribution in [0.3, 0.4) is 0 Å². The van der Waals surface area contributed by atoms with Crippen molar-refractivity contribution in [3.8, 4) is 0 Å². The first-order chi connectivity index (χ1) is 7.91. The molecule has 94 valence electrons. The van der Waals surface area contributed by atoms with Crippen molar-refractivity contribution in [2.75, 3.05) is 0 Å². The molecule has 0 heterocycles. The minimum Gasteiger partial charge on any atom is -0.349 e. The van der Waals surface area contributed by atoms with E-state index in [4.69, 9.17) is 0 Å². The summed E-state index contributed by atoms with van der Waals surface area (Å²) in [5.41, 5.74) is 2.39. The zero-order valence-electron chi connectivity index (χ0n) is 11.4. The number of carbonyl (C=O) groups is 1. The third-order valence-electron chi connectivity index (χ3n) is 3.35. The molecule has 0 aliphatic heterocycles. The van der Waals surface area contributed by atoms with Crippen LogP contribution >= 0.6 is 0 Å². The fourth-order valence-electron chi connectivity index (χ4n) is 1.59. The third kappa shape index (κ3) is 3.88. The molecule has 0 spiro atoms. The molecule has 1 rings (SSSR count). The molecule has 0 bridgehead atoms. The molecule has 0 fully saturated rings. The Balaban J connectivity index is 2.63. The van der Waals surface area contributed by atoms with Crippen molar-refractivity contribution < 1.29 is 4.79 Å². The van der Waals surface area contributed by atoms with Gasteiger partial charge in [-0.25, -0.2) is 0 Å². The Bertz CT molecular complexity index is 367. The van der Waals surface area contributed by atoms with Gasteiger partial charge < -0.3 is 5.32 Å². The first-order valence-electron chi connectivity index (χ1n) is 6.28. The number of amides is 1. The van der Waals surface area contributed by atoms with E-state index in [-0.39, 0.29) is 17.9 Å². The highest BCUT2D eigenvalue weighted by atomic mass is 16.1. The molecule has 0 saturated heterocycles. The molecule has 2 atom stereocenters. The molecule has 1 amide bonds. The van der Waals surface area contributed by atoms with Crippen molar-refractivity contribution in [3.05, 3.63) is 35.4 Å². The average molecular weight is 233 g/mol. The van der Waals surface area contributed by atoms with Gasteiger partial charge in [0.25, 0.3) is 0 Å². The molecule has 1 N–H and O–H groups in total. The molecule has 1 aromatic carbocycles. The van der Waals surface area contributed by atoms with Gasteiger partial charge in [0.05, 0.1) is 6.04 Å². The van der Waals surface area contributed by atoms with Crippen molar-refractivity contribution in [1.82, 2.24) is 5.32 Å². The van der Waals surface area contributed by atoms with Crippen molar-refractivity contribution in [2.24, 2.45) is 11.8 Å². The lowest BCUT2D eigenvalue weighted by molar-refractivity contribution is -0.126. The van der Waals surface area contributed by atoms with Gasteiger partial charge in [0.2, 0.25) is 5.91 Å². The van der Waals surface area contributed by atoms with E-state index < -0.39 is 0 Å². The van der Waals surface area contributed by atoms with Crippen LogP contribution in [0.4, 0.5) is 0 Å². The second-order valence-corrected chi connectivity index (χ2v) is 5.17. The molecule has 2 nitrogen and oxygen atoms in total. The minimum absolute atomic E-state index is 0.0582. The minimum atomic E-state index is 0.0582. The Hall–Kier alpha value is -1.31. The Kier molecular flexibility index (Phi) is 4.73. The maximum absolute atomic E-state index is 11.9. The van der Waals surface area contributed by atoms with E-state index >= 15 is 0 Å². The summed E-state index contributed by atoms with van der Waals surface area (Å²) in [5.74, 6) is 0.566. The van der Waals surface area contributed by atoms with Crippen LogP contribution in [-0.4, -0.2) is 5.91 Å². The van der Waals surface area contributed by atoms with Crippen LogP contribution in [0, 0.1) is 18.8 Å². The first kappa shape index (κ1) is 13.8. The number of aryl methyl sites for hydroxylation is 1. The molecule has 0 aromatic heterocycles. The first-order valence-corrected chi connectivity index (χ1v) is 6.28. The summed E-state index contributed by atoms with van der Waals surface area (Å²) in [6, 6.07) is 8.36. The maximum Gasteiger partial charge on any atom is 0.223 e. The zero-order chi connectivity index (χ0) is 13.0. The lowest BCUT2D eigenvalue weighted by Crippen LogP contribution is -2.33. The van der Waals surface area contributed by atoms with Crippen LogP contribution in [-0.2, 0) is 4.79 Å². The Morgan fingerprint density at radius 1 is 1.06 bits per heavy atom. The van der Waals surface area contributed by atoms with Crippen LogP contribution in [0.5, 0.6) is 0 Å². The number of benzene rings is 1. The average Bonchev–Trinajstić information content (AvgIpc) is 2.28. The van der Waals surface area contributed by atoms with Crippen LogP contribution in [0.2, 0.25) is 0 Å². The van der Waals surface area contributed by atoms with Crippen molar-refractivity contribution in [3.63, 3.8) is 0 Å². The number of nitrogens with one attached hydrogen (secondary N) is 1. The molecule has 2 heteroatoms. The lowest BCUT2D eigenvalue weighted by atomic mass is 9.96. The second kappa shape index (κ2) is 5.85. The maximum atomic E-state index is 11.9. The summed E-state index contributed by atoms with van der Waals surface area (Å²) in [5, 5.41) is 3.06. The molecule has 1 aromatic rings. The van der Waals surface area contributed by atoms with Gasteiger partial charge in [0.15, 0.2) is 0 Å². The van der Waals surface area contributed by atoms with Gasteiger partial charge in [0, 0.05) is 5.92 Å². The predicted octanol–water partition coefficient (Wildman–Crippen LogP) is 3.46. The van der Waals surface area contributed by atoms with E-state index in [1.165, 1.54) is 5.56 Å². The summed E-state index contributed by atoms with van der Waals surface area (Å²) >= 11 is 0. The monoisotopic (exact) mass is 233 g/mol.